The van der Waals surface area contributed by atoms with Gasteiger partial charge in [0.05, 0.1) is 16.4 Å². The molecule has 4 rings (SSSR count). The lowest BCUT2D eigenvalue weighted by Gasteiger charge is -2.09. The lowest BCUT2D eigenvalue weighted by Crippen LogP contribution is -2.25. The maximum atomic E-state index is 13.0. The number of nitrogens with one attached hydrogen (secondary N) is 1. The van der Waals surface area contributed by atoms with Gasteiger partial charge in [0.25, 0.3) is 5.91 Å². The average molecular weight is 392 g/mol. The van der Waals surface area contributed by atoms with Crippen LogP contribution >= 0.6 is 11.6 Å². The third-order valence-electron chi connectivity index (χ3n) is 4.43. The van der Waals surface area contributed by atoms with Crippen molar-refractivity contribution in [3.05, 3.63) is 89.5 Å². The van der Waals surface area contributed by atoms with E-state index in [0.717, 1.165) is 11.3 Å². The van der Waals surface area contributed by atoms with Gasteiger partial charge in [-0.15, -0.1) is 0 Å². The zero-order chi connectivity index (χ0) is 19.5. The van der Waals surface area contributed by atoms with Gasteiger partial charge >= 0.3 is 0 Å². The average Bonchev–Trinajstić information content (AvgIpc) is 3.33. The van der Waals surface area contributed by atoms with Crippen LogP contribution < -0.4 is 5.32 Å². The molecule has 0 radical (unpaired) electrons. The number of aromatic nitrogens is 4. The summed E-state index contributed by atoms with van der Waals surface area (Å²) in [5.74, 6) is -0.232. The van der Waals surface area contributed by atoms with Crippen molar-refractivity contribution in [1.29, 1.82) is 0 Å². The minimum atomic E-state index is -0.232. The SMILES string of the molecule is Cn1cccc1-c1cc(C(=O)NCc2ccncc2)n(-c2ccccc2Cl)n1. The summed E-state index contributed by atoms with van der Waals surface area (Å²) in [6.07, 6.45) is 5.33. The fourth-order valence-corrected chi connectivity index (χ4v) is 3.19. The summed E-state index contributed by atoms with van der Waals surface area (Å²) in [5.41, 5.74) is 3.64. The van der Waals surface area contributed by atoms with Gasteiger partial charge in [0.1, 0.15) is 11.4 Å². The summed E-state index contributed by atoms with van der Waals surface area (Å²) < 4.78 is 3.55. The van der Waals surface area contributed by atoms with E-state index in [1.54, 1.807) is 29.2 Å². The zero-order valence-corrected chi connectivity index (χ0v) is 16.0. The topological polar surface area (TPSA) is 64.7 Å². The van der Waals surface area contributed by atoms with E-state index < -0.39 is 0 Å². The molecular formula is C21H18ClN5O. The summed E-state index contributed by atoms with van der Waals surface area (Å²) in [6.45, 7) is 0.397. The number of nitrogens with zero attached hydrogens (tertiary/aromatic N) is 4. The molecule has 0 bridgehead atoms. The highest BCUT2D eigenvalue weighted by Crippen LogP contribution is 2.25. The van der Waals surface area contributed by atoms with Gasteiger partial charge in [-0.2, -0.15) is 5.10 Å². The van der Waals surface area contributed by atoms with Crippen LogP contribution in [-0.4, -0.2) is 25.2 Å². The Kier molecular flexibility index (Phi) is 4.95. The van der Waals surface area contributed by atoms with Crippen LogP contribution in [0.4, 0.5) is 0 Å². The number of aryl methyl sites for hydroxylation is 1. The second-order valence-electron chi connectivity index (χ2n) is 6.32. The molecule has 7 heteroatoms. The first-order chi connectivity index (χ1) is 13.6. The van der Waals surface area contributed by atoms with Crippen molar-refractivity contribution in [3.63, 3.8) is 0 Å². The number of hydrogen-bond donors (Lipinski definition) is 1. The van der Waals surface area contributed by atoms with Gasteiger partial charge in [-0.3, -0.25) is 9.78 Å². The second kappa shape index (κ2) is 7.70. The van der Waals surface area contributed by atoms with Crippen molar-refractivity contribution in [2.45, 2.75) is 6.54 Å². The number of hydrogen-bond acceptors (Lipinski definition) is 3. The molecule has 140 valence electrons. The van der Waals surface area contributed by atoms with Gasteiger partial charge < -0.3 is 9.88 Å². The number of pyridine rings is 1. The van der Waals surface area contributed by atoms with Crippen molar-refractivity contribution in [3.8, 4) is 17.1 Å². The normalized spacial score (nSPS) is 10.8. The molecule has 3 heterocycles. The minimum absolute atomic E-state index is 0.232. The maximum absolute atomic E-state index is 13.0. The van der Waals surface area contributed by atoms with Crippen LogP contribution in [0.25, 0.3) is 17.1 Å². The Balaban J connectivity index is 1.72. The predicted molar refractivity (Wildman–Crippen MR) is 108 cm³/mol. The first-order valence-corrected chi connectivity index (χ1v) is 9.15. The van der Waals surface area contributed by atoms with Crippen molar-refractivity contribution >= 4 is 17.5 Å². The first-order valence-electron chi connectivity index (χ1n) is 8.77. The first kappa shape index (κ1) is 18.0. The van der Waals surface area contributed by atoms with Crippen LogP contribution in [-0.2, 0) is 13.6 Å². The fourth-order valence-electron chi connectivity index (χ4n) is 2.98. The molecule has 1 N–H and O–H groups in total. The molecule has 0 aliphatic rings. The van der Waals surface area contributed by atoms with Crippen LogP contribution in [0.5, 0.6) is 0 Å². The summed E-state index contributed by atoms with van der Waals surface area (Å²) in [7, 11) is 1.94. The number of carbonyl (C=O) groups is 1. The quantitative estimate of drug-likeness (QED) is 0.562. The van der Waals surface area contributed by atoms with Gasteiger partial charge in [0.15, 0.2) is 0 Å². The Morgan fingerprint density at radius 2 is 1.89 bits per heavy atom. The fraction of sp³-hybridized carbons (Fsp3) is 0.0952. The second-order valence-corrected chi connectivity index (χ2v) is 6.73. The molecule has 0 spiro atoms. The Morgan fingerprint density at radius 1 is 1.11 bits per heavy atom. The largest absolute Gasteiger partial charge is 0.349 e. The molecule has 0 saturated carbocycles. The van der Waals surface area contributed by atoms with E-state index in [4.69, 9.17) is 11.6 Å². The predicted octanol–water partition coefficient (Wildman–Crippen LogP) is 3.86. The zero-order valence-electron chi connectivity index (χ0n) is 15.2. The summed E-state index contributed by atoms with van der Waals surface area (Å²) in [5, 5.41) is 8.12. The van der Waals surface area contributed by atoms with Gasteiger partial charge in [-0.25, -0.2) is 4.68 Å². The molecule has 0 unspecified atom stereocenters. The molecule has 4 aromatic rings. The van der Waals surface area contributed by atoms with Crippen LogP contribution in [0.2, 0.25) is 5.02 Å². The lowest BCUT2D eigenvalue weighted by atomic mass is 10.2. The molecule has 3 aromatic heterocycles. The third-order valence-corrected chi connectivity index (χ3v) is 4.75. The van der Waals surface area contributed by atoms with E-state index in [9.17, 15) is 4.79 Å². The highest BCUT2D eigenvalue weighted by atomic mass is 35.5. The molecule has 0 aliphatic carbocycles. The summed E-state index contributed by atoms with van der Waals surface area (Å²) in [4.78, 5) is 16.9. The van der Waals surface area contributed by atoms with Crippen molar-refractivity contribution in [2.24, 2.45) is 7.05 Å². The van der Waals surface area contributed by atoms with E-state index in [-0.39, 0.29) is 5.91 Å². The maximum Gasteiger partial charge on any atom is 0.270 e. The molecule has 0 fully saturated rings. The Morgan fingerprint density at radius 3 is 2.61 bits per heavy atom. The highest BCUT2D eigenvalue weighted by molar-refractivity contribution is 6.32. The number of amides is 1. The monoisotopic (exact) mass is 391 g/mol. The van der Waals surface area contributed by atoms with E-state index in [0.29, 0.717) is 28.6 Å². The number of rotatable bonds is 5. The number of para-hydroxylation sites is 1. The van der Waals surface area contributed by atoms with E-state index in [1.807, 2.05) is 60.3 Å². The molecule has 28 heavy (non-hydrogen) atoms. The van der Waals surface area contributed by atoms with Crippen LogP contribution in [0.1, 0.15) is 16.1 Å². The summed E-state index contributed by atoms with van der Waals surface area (Å²) >= 11 is 6.37. The van der Waals surface area contributed by atoms with E-state index in [1.165, 1.54) is 0 Å². The molecule has 0 saturated heterocycles. The van der Waals surface area contributed by atoms with Gasteiger partial charge in [-0.05, 0) is 48.0 Å². The standard InChI is InChI=1S/C21H18ClN5O/c1-26-12-4-7-19(26)17-13-20(21(28)24-14-15-8-10-23-11-9-15)27(25-17)18-6-3-2-5-16(18)22/h2-13H,14H2,1H3,(H,24,28). The molecule has 1 amide bonds. The molecule has 1 aromatic carbocycles. The van der Waals surface area contributed by atoms with Crippen LogP contribution in [0, 0.1) is 0 Å². The number of benzene rings is 1. The molecular weight excluding hydrogens is 374 g/mol. The van der Waals surface area contributed by atoms with Crippen LogP contribution in [0.15, 0.2) is 73.2 Å². The third kappa shape index (κ3) is 3.54. The Labute approximate surface area is 167 Å². The van der Waals surface area contributed by atoms with Gasteiger partial charge in [0, 0.05) is 32.2 Å². The summed E-state index contributed by atoms with van der Waals surface area (Å²) in [6, 6.07) is 16.7. The van der Waals surface area contributed by atoms with Crippen molar-refractivity contribution in [1.82, 2.24) is 24.6 Å². The lowest BCUT2D eigenvalue weighted by molar-refractivity contribution is 0.0943. The van der Waals surface area contributed by atoms with E-state index in [2.05, 4.69) is 15.4 Å². The minimum Gasteiger partial charge on any atom is -0.349 e. The number of carbonyl (C=O) groups excluding carboxylic acids is 1. The van der Waals surface area contributed by atoms with Gasteiger partial charge in [0.2, 0.25) is 0 Å². The van der Waals surface area contributed by atoms with Gasteiger partial charge in [-0.1, -0.05) is 23.7 Å². The Bertz CT molecular complexity index is 1120. The van der Waals surface area contributed by atoms with Crippen molar-refractivity contribution in [2.75, 3.05) is 0 Å². The highest BCUT2D eigenvalue weighted by Gasteiger charge is 2.19. The molecule has 0 aliphatic heterocycles. The van der Waals surface area contributed by atoms with Crippen LogP contribution in [0.3, 0.4) is 0 Å². The molecule has 0 atom stereocenters. The smallest absolute Gasteiger partial charge is 0.270 e. The van der Waals surface area contributed by atoms with Crippen molar-refractivity contribution < 1.29 is 4.79 Å². The van der Waals surface area contributed by atoms with E-state index >= 15 is 0 Å². The Hall–Kier alpha value is -3.38. The molecule has 6 nitrogen and oxygen atoms in total. The number of halogens is 1.